The summed E-state index contributed by atoms with van der Waals surface area (Å²) < 4.78 is 37.9. The topological polar surface area (TPSA) is 76.2 Å². The summed E-state index contributed by atoms with van der Waals surface area (Å²) in [6.45, 7) is 1.43. The number of thiophene rings is 1. The second-order valence-electron chi connectivity index (χ2n) is 3.21. The number of hydrogen-bond donors (Lipinski definition) is 2. The van der Waals surface area contributed by atoms with Gasteiger partial charge < -0.3 is 10.8 Å². The monoisotopic (exact) mass is 278 g/mol. The molecule has 0 spiro atoms. The van der Waals surface area contributed by atoms with Crippen LogP contribution in [0.4, 0.5) is 18.9 Å². The van der Waals surface area contributed by atoms with Crippen LogP contribution in [0.5, 0.6) is 0 Å². The minimum atomic E-state index is -4.39. The lowest BCUT2D eigenvalue weighted by molar-refractivity contribution is -0.136. The van der Waals surface area contributed by atoms with Crippen molar-refractivity contribution in [3.8, 4) is 0 Å². The molecule has 0 saturated heterocycles. The van der Waals surface area contributed by atoms with E-state index in [1.54, 1.807) is 6.92 Å². The molecule has 0 aliphatic heterocycles. The average Bonchev–Trinajstić information content (AvgIpc) is 2.55. The first-order chi connectivity index (χ1) is 8.32. The SMILES string of the molecule is Cc1sc2nccc(C(F)(F)F)c2c1N.O=CO. The van der Waals surface area contributed by atoms with Gasteiger partial charge in [-0.05, 0) is 13.0 Å². The molecule has 0 radical (unpaired) electrons. The molecule has 0 bridgehead atoms. The van der Waals surface area contributed by atoms with Gasteiger partial charge in [0, 0.05) is 16.5 Å². The normalized spacial score (nSPS) is 10.9. The largest absolute Gasteiger partial charge is 0.483 e. The van der Waals surface area contributed by atoms with Crippen molar-refractivity contribution in [1.82, 2.24) is 4.98 Å². The predicted molar refractivity (Wildman–Crippen MR) is 62.5 cm³/mol. The van der Waals surface area contributed by atoms with Crippen molar-refractivity contribution in [2.24, 2.45) is 0 Å². The zero-order chi connectivity index (χ0) is 13.9. The second kappa shape index (κ2) is 5.21. The number of carboxylic acid groups (broad SMARTS) is 1. The van der Waals surface area contributed by atoms with Crippen LogP contribution >= 0.6 is 11.3 Å². The third-order valence-electron chi connectivity index (χ3n) is 2.12. The third kappa shape index (κ3) is 2.70. The quantitative estimate of drug-likeness (QED) is 0.726. The van der Waals surface area contributed by atoms with Gasteiger partial charge in [0.2, 0.25) is 0 Å². The summed E-state index contributed by atoms with van der Waals surface area (Å²) in [5, 5.41) is 6.91. The molecule has 8 heteroatoms. The molecule has 2 heterocycles. The smallest absolute Gasteiger partial charge is 0.417 e. The summed E-state index contributed by atoms with van der Waals surface area (Å²) in [5.74, 6) is 0. The van der Waals surface area contributed by atoms with Gasteiger partial charge in [-0.1, -0.05) is 0 Å². The number of carbonyl (C=O) groups is 1. The Morgan fingerprint density at radius 3 is 2.56 bits per heavy atom. The van der Waals surface area contributed by atoms with Crippen LogP contribution < -0.4 is 5.73 Å². The molecular formula is C10H9F3N2O2S. The Morgan fingerprint density at radius 1 is 1.50 bits per heavy atom. The molecule has 0 amide bonds. The zero-order valence-corrected chi connectivity index (χ0v) is 9.97. The van der Waals surface area contributed by atoms with Crippen LogP contribution in [0.1, 0.15) is 10.4 Å². The molecule has 0 aromatic carbocycles. The van der Waals surface area contributed by atoms with E-state index in [1.807, 2.05) is 0 Å². The average molecular weight is 278 g/mol. The summed E-state index contributed by atoms with van der Waals surface area (Å²) >= 11 is 1.17. The predicted octanol–water partition coefficient (Wildman–Crippen LogP) is 2.91. The lowest BCUT2D eigenvalue weighted by Crippen LogP contribution is -2.06. The number of hydrogen-bond acceptors (Lipinski definition) is 4. The Labute approximate surface area is 104 Å². The van der Waals surface area contributed by atoms with Crippen molar-refractivity contribution in [3.05, 3.63) is 22.7 Å². The molecule has 3 N–H and O–H groups in total. The molecule has 0 aliphatic rings. The molecule has 18 heavy (non-hydrogen) atoms. The number of halogens is 3. The van der Waals surface area contributed by atoms with Gasteiger partial charge in [0.1, 0.15) is 4.83 Å². The first kappa shape index (κ1) is 14.2. The minimum absolute atomic E-state index is 0.0208. The van der Waals surface area contributed by atoms with Gasteiger partial charge in [-0.3, -0.25) is 4.79 Å². The van der Waals surface area contributed by atoms with Gasteiger partial charge in [-0.25, -0.2) is 4.98 Å². The number of nitrogens with two attached hydrogens (primary N) is 1. The van der Waals surface area contributed by atoms with E-state index in [0.29, 0.717) is 9.71 Å². The van der Waals surface area contributed by atoms with E-state index >= 15 is 0 Å². The lowest BCUT2D eigenvalue weighted by atomic mass is 10.1. The fraction of sp³-hybridized carbons (Fsp3) is 0.200. The number of nitrogens with zero attached hydrogens (tertiary/aromatic N) is 1. The first-order valence-corrected chi connectivity index (χ1v) is 5.43. The number of nitrogen functional groups attached to an aromatic ring is 1. The molecule has 4 nitrogen and oxygen atoms in total. The molecule has 0 unspecified atom stereocenters. The maximum Gasteiger partial charge on any atom is 0.417 e. The minimum Gasteiger partial charge on any atom is -0.483 e. The molecule has 0 aliphatic carbocycles. The van der Waals surface area contributed by atoms with Crippen molar-refractivity contribution < 1.29 is 23.1 Å². The van der Waals surface area contributed by atoms with E-state index in [4.69, 9.17) is 15.6 Å². The summed E-state index contributed by atoms with van der Waals surface area (Å²) in [4.78, 5) is 13.2. The second-order valence-corrected chi connectivity index (χ2v) is 4.42. The van der Waals surface area contributed by atoms with Gasteiger partial charge >= 0.3 is 6.18 Å². The van der Waals surface area contributed by atoms with E-state index in [2.05, 4.69) is 4.98 Å². The first-order valence-electron chi connectivity index (χ1n) is 4.61. The standard InChI is InChI=1S/C9H7F3N2S.CH2O2/c1-4-7(13)6-5(9(10,11)12)2-3-14-8(6)15-4;2-1-3/h2-3H,13H2,1H3;1H,(H,2,3). The maximum atomic E-state index is 12.6. The maximum absolute atomic E-state index is 12.6. The highest BCUT2D eigenvalue weighted by atomic mass is 32.1. The lowest BCUT2D eigenvalue weighted by Gasteiger charge is -2.07. The van der Waals surface area contributed by atoms with Gasteiger partial charge in [0.15, 0.2) is 0 Å². The van der Waals surface area contributed by atoms with E-state index in [0.717, 1.165) is 12.3 Å². The number of aromatic nitrogens is 1. The number of pyridine rings is 1. The third-order valence-corrected chi connectivity index (χ3v) is 3.15. The van der Waals surface area contributed by atoms with Crippen molar-refractivity contribution in [2.75, 3.05) is 5.73 Å². The Kier molecular flexibility index (Phi) is 4.12. The van der Waals surface area contributed by atoms with Gasteiger partial charge in [0.25, 0.3) is 6.47 Å². The molecule has 2 aromatic rings. The molecular weight excluding hydrogens is 269 g/mol. The van der Waals surface area contributed by atoms with Crippen LogP contribution in [0.3, 0.4) is 0 Å². The highest BCUT2D eigenvalue weighted by molar-refractivity contribution is 7.19. The van der Waals surface area contributed by atoms with E-state index in [1.165, 1.54) is 11.3 Å². The zero-order valence-electron chi connectivity index (χ0n) is 9.15. The number of alkyl halides is 3. The van der Waals surface area contributed by atoms with E-state index in [-0.39, 0.29) is 17.5 Å². The van der Waals surface area contributed by atoms with E-state index in [9.17, 15) is 13.2 Å². The van der Waals surface area contributed by atoms with E-state index < -0.39 is 11.7 Å². The number of fused-ring (bicyclic) bond motifs is 1. The van der Waals surface area contributed by atoms with Gasteiger partial charge in [-0.2, -0.15) is 13.2 Å². The summed E-state index contributed by atoms with van der Waals surface area (Å²) in [6.07, 6.45) is -3.23. The number of rotatable bonds is 0. The van der Waals surface area contributed by atoms with Crippen LogP contribution in [0, 0.1) is 6.92 Å². The van der Waals surface area contributed by atoms with Crippen LogP contribution in [0.15, 0.2) is 12.3 Å². The van der Waals surface area contributed by atoms with Crippen LogP contribution in [0.2, 0.25) is 0 Å². The fourth-order valence-corrected chi connectivity index (χ4v) is 2.33. The van der Waals surface area contributed by atoms with Gasteiger partial charge in [-0.15, -0.1) is 11.3 Å². The van der Waals surface area contributed by atoms with Crippen molar-refractivity contribution in [3.63, 3.8) is 0 Å². The highest BCUT2D eigenvalue weighted by Gasteiger charge is 2.34. The Hall–Kier alpha value is -1.83. The van der Waals surface area contributed by atoms with Crippen molar-refractivity contribution >= 4 is 33.7 Å². The molecule has 0 saturated carbocycles. The molecule has 2 aromatic heterocycles. The van der Waals surface area contributed by atoms with Gasteiger partial charge in [0.05, 0.1) is 11.3 Å². The number of anilines is 1. The Bertz CT molecular complexity index is 566. The Balaban J connectivity index is 0.000000492. The van der Waals surface area contributed by atoms with Crippen LogP contribution in [0.25, 0.3) is 10.2 Å². The molecule has 0 atom stereocenters. The van der Waals surface area contributed by atoms with Crippen LogP contribution in [-0.2, 0) is 11.0 Å². The van der Waals surface area contributed by atoms with Crippen LogP contribution in [-0.4, -0.2) is 16.6 Å². The van der Waals surface area contributed by atoms with Crippen molar-refractivity contribution in [1.29, 1.82) is 0 Å². The summed E-state index contributed by atoms with van der Waals surface area (Å²) in [7, 11) is 0. The van der Waals surface area contributed by atoms with Crippen molar-refractivity contribution in [2.45, 2.75) is 13.1 Å². The molecule has 0 fully saturated rings. The summed E-state index contributed by atoms with van der Waals surface area (Å²) in [5.41, 5.74) is 5.07. The summed E-state index contributed by atoms with van der Waals surface area (Å²) in [6, 6.07) is 0.949. The fourth-order valence-electron chi connectivity index (χ4n) is 1.39. The number of aryl methyl sites for hydroxylation is 1. The highest BCUT2D eigenvalue weighted by Crippen LogP contribution is 2.40. The molecule has 98 valence electrons. The molecule has 2 rings (SSSR count). The Morgan fingerprint density at radius 2 is 2.06 bits per heavy atom.